The lowest BCUT2D eigenvalue weighted by Crippen LogP contribution is -2.23. The first kappa shape index (κ1) is 19.8. The summed E-state index contributed by atoms with van der Waals surface area (Å²) in [6.45, 7) is 0.952. The van der Waals surface area contributed by atoms with Crippen LogP contribution in [-0.2, 0) is 9.53 Å². The van der Waals surface area contributed by atoms with E-state index in [1.165, 1.54) is 0 Å². The second-order valence-corrected chi connectivity index (χ2v) is 7.71. The fourth-order valence-electron chi connectivity index (χ4n) is 3.57. The van der Waals surface area contributed by atoms with Crippen molar-refractivity contribution in [3.63, 3.8) is 0 Å². The molecule has 1 aromatic carbocycles. The first-order valence-corrected chi connectivity index (χ1v) is 10.5. The number of hydrogen-bond donors (Lipinski definition) is 2. The van der Waals surface area contributed by atoms with Crippen molar-refractivity contribution in [1.29, 1.82) is 0 Å². The van der Waals surface area contributed by atoms with E-state index in [0.29, 0.717) is 24.8 Å². The number of hydrogen-bond acceptors (Lipinski definition) is 6. The van der Waals surface area contributed by atoms with Crippen LogP contribution < -0.4 is 15.5 Å². The van der Waals surface area contributed by atoms with Gasteiger partial charge in [0.1, 0.15) is 18.2 Å². The molecule has 0 unspecified atom stereocenters. The van der Waals surface area contributed by atoms with Crippen LogP contribution in [0.2, 0.25) is 0 Å². The van der Waals surface area contributed by atoms with Crippen molar-refractivity contribution in [3.8, 4) is 11.8 Å². The SMILES string of the molecule is CNc1ncc(C#Cc2ccc(N3CCOC3=O)cc2)c2cc(NC(=O)C3CC3)ncc12. The van der Waals surface area contributed by atoms with Gasteiger partial charge in [-0.2, -0.15) is 0 Å². The summed E-state index contributed by atoms with van der Waals surface area (Å²) in [4.78, 5) is 34.3. The van der Waals surface area contributed by atoms with Crippen LogP contribution in [0.5, 0.6) is 0 Å². The third kappa shape index (κ3) is 3.93. The topological polar surface area (TPSA) is 96.5 Å². The Morgan fingerprint density at radius 3 is 2.62 bits per heavy atom. The van der Waals surface area contributed by atoms with E-state index in [1.54, 1.807) is 24.3 Å². The van der Waals surface area contributed by atoms with Crippen molar-refractivity contribution in [2.45, 2.75) is 12.8 Å². The van der Waals surface area contributed by atoms with E-state index in [4.69, 9.17) is 4.74 Å². The molecule has 2 N–H and O–H groups in total. The number of carbonyl (C=O) groups is 2. The lowest BCUT2D eigenvalue weighted by molar-refractivity contribution is -0.117. The number of ether oxygens (including phenoxy) is 1. The number of fused-ring (bicyclic) bond motifs is 1. The average molecular weight is 427 g/mol. The third-order valence-electron chi connectivity index (χ3n) is 5.49. The minimum atomic E-state index is -0.329. The Morgan fingerprint density at radius 1 is 1.12 bits per heavy atom. The van der Waals surface area contributed by atoms with Gasteiger partial charge in [0, 0.05) is 47.4 Å². The van der Waals surface area contributed by atoms with Crippen molar-refractivity contribution < 1.29 is 14.3 Å². The van der Waals surface area contributed by atoms with E-state index in [-0.39, 0.29) is 17.9 Å². The van der Waals surface area contributed by atoms with E-state index in [1.807, 2.05) is 30.3 Å². The molecule has 0 spiro atoms. The molecule has 0 radical (unpaired) electrons. The zero-order chi connectivity index (χ0) is 22.1. The first-order chi connectivity index (χ1) is 15.6. The first-order valence-electron chi connectivity index (χ1n) is 10.5. The van der Waals surface area contributed by atoms with Gasteiger partial charge in [-0.25, -0.2) is 14.8 Å². The molecule has 1 aliphatic carbocycles. The predicted molar refractivity (Wildman–Crippen MR) is 122 cm³/mol. The largest absolute Gasteiger partial charge is 0.447 e. The molecule has 0 bridgehead atoms. The highest BCUT2D eigenvalue weighted by atomic mass is 16.6. The highest BCUT2D eigenvalue weighted by Gasteiger charge is 2.29. The van der Waals surface area contributed by atoms with Crippen molar-refractivity contribution in [1.82, 2.24) is 9.97 Å². The van der Waals surface area contributed by atoms with Gasteiger partial charge in [0.05, 0.1) is 12.1 Å². The number of aromatic nitrogens is 2. The number of amides is 2. The maximum Gasteiger partial charge on any atom is 0.414 e. The second kappa shape index (κ2) is 8.19. The van der Waals surface area contributed by atoms with E-state index in [2.05, 4.69) is 32.4 Å². The second-order valence-electron chi connectivity index (χ2n) is 7.71. The maximum absolute atomic E-state index is 12.1. The summed E-state index contributed by atoms with van der Waals surface area (Å²) in [5.41, 5.74) is 2.32. The summed E-state index contributed by atoms with van der Waals surface area (Å²) in [6.07, 6.45) is 4.95. The number of anilines is 3. The van der Waals surface area contributed by atoms with Crippen LogP contribution in [0.1, 0.15) is 24.0 Å². The van der Waals surface area contributed by atoms with Crippen LogP contribution in [0.3, 0.4) is 0 Å². The van der Waals surface area contributed by atoms with Crippen molar-refractivity contribution in [3.05, 3.63) is 53.9 Å². The van der Waals surface area contributed by atoms with Crippen LogP contribution >= 0.6 is 0 Å². The number of nitrogens with one attached hydrogen (secondary N) is 2. The van der Waals surface area contributed by atoms with Gasteiger partial charge < -0.3 is 15.4 Å². The number of benzene rings is 1. The number of rotatable bonds is 4. The number of cyclic esters (lactones) is 1. The molecular weight excluding hydrogens is 406 g/mol. The van der Waals surface area contributed by atoms with Gasteiger partial charge >= 0.3 is 6.09 Å². The number of carbonyl (C=O) groups excluding carboxylic acids is 2. The average Bonchev–Trinajstić information content (AvgIpc) is 3.59. The Bertz CT molecular complexity index is 1270. The van der Waals surface area contributed by atoms with Crippen molar-refractivity contribution in [2.24, 2.45) is 5.92 Å². The minimum Gasteiger partial charge on any atom is -0.447 e. The third-order valence-corrected chi connectivity index (χ3v) is 5.49. The van der Waals surface area contributed by atoms with Gasteiger partial charge in [-0.05, 0) is 43.2 Å². The lowest BCUT2D eigenvalue weighted by atomic mass is 10.1. The van der Waals surface area contributed by atoms with Crippen LogP contribution in [0.25, 0.3) is 10.8 Å². The molecule has 3 heterocycles. The standard InChI is InChI=1S/C24H21N5O3/c1-25-22-20-14-26-21(28-23(30)16-6-7-16)12-19(20)17(13-27-22)5-2-15-3-8-18(9-4-15)29-10-11-32-24(29)31/h3-4,8-9,12-14,16H,6-7,10-11H2,1H3,(H,25,27)(H,26,28,30). The lowest BCUT2D eigenvalue weighted by Gasteiger charge is -2.12. The van der Waals surface area contributed by atoms with Gasteiger partial charge in [-0.1, -0.05) is 11.8 Å². The summed E-state index contributed by atoms with van der Waals surface area (Å²) < 4.78 is 4.98. The maximum atomic E-state index is 12.1. The molecule has 5 rings (SSSR count). The normalized spacial score (nSPS) is 15.2. The minimum absolute atomic E-state index is 0.00866. The van der Waals surface area contributed by atoms with Crippen molar-refractivity contribution >= 4 is 40.1 Å². The summed E-state index contributed by atoms with van der Waals surface area (Å²) >= 11 is 0. The molecule has 8 nitrogen and oxygen atoms in total. The summed E-state index contributed by atoms with van der Waals surface area (Å²) in [6, 6.07) is 9.28. The Labute approximate surface area is 185 Å². The summed E-state index contributed by atoms with van der Waals surface area (Å²) in [5, 5.41) is 7.64. The molecule has 3 aromatic rings. The molecule has 1 saturated heterocycles. The van der Waals surface area contributed by atoms with Crippen LogP contribution in [0.4, 0.5) is 22.1 Å². The monoisotopic (exact) mass is 427 g/mol. The number of pyridine rings is 2. The zero-order valence-corrected chi connectivity index (χ0v) is 17.5. The van der Waals surface area contributed by atoms with Gasteiger partial charge in [-0.3, -0.25) is 9.69 Å². The molecule has 160 valence electrons. The fraction of sp³-hybridized carbons (Fsp3) is 0.250. The fourth-order valence-corrected chi connectivity index (χ4v) is 3.57. The van der Waals surface area contributed by atoms with E-state index in [0.717, 1.165) is 40.4 Å². The van der Waals surface area contributed by atoms with E-state index >= 15 is 0 Å². The Balaban J connectivity index is 1.45. The Kier molecular flexibility index (Phi) is 5.07. The molecule has 2 aliphatic rings. The molecule has 0 atom stereocenters. The van der Waals surface area contributed by atoms with Gasteiger partial charge in [0.25, 0.3) is 0 Å². The van der Waals surface area contributed by atoms with E-state index < -0.39 is 0 Å². The smallest absolute Gasteiger partial charge is 0.414 e. The molecule has 1 saturated carbocycles. The Morgan fingerprint density at radius 2 is 1.94 bits per heavy atom. The van der Waals surface area contributed by atoms with Crippen LogP contribution in [0.15, 0.2) is 42.7 Å². The zero-order valence-electron chi connectivity index (χ0n) is 17.5. The molecule has 32 heavy (non-hydrogen) atoms. The van der Waals surface area contributed by atoms with E-state index in [9.17, 15) is 9.59 Å². The summed E-state index contributed by atoms with van der Waals surface area (Å²) in [5.74, 6) is 7.65. The molecule has 8 heteroatoms. The van der Waals surface area contributed by atoms with Crippen LogP contribution in [-0.4, -0.2) is 42.2 Å². The van der Waals surface area contributed by atoms with Gasteiger partial charge in [0.15, 0.2) is 0 Å². The molecule has 1 aliphatic heterocycles. The molecule has 2 aromatic heterocycles. The predicted octanol–water partition coefficient (Wildman–Crippen LogP) is 3.38. The van der Waals surface area contributed by atoms with Crippen LogP contribution in [0, 0.1) is 17.8 Å². The van der Waals surface area contributed by atoms with Gasteiger partial charge in [-0.15, -0.1) is 0 Å². The quantitative estimate of drug-likeness (QED) is 0.620. The molecule has 2 amide bonds. The van der Waals surface area contributed by atoms with Gasteiger partial charge in [0.2, 0.25) is 5.91 Å². The number of nitrogens with zero attached hydrogens (tertiary/aromatic N) is 3. The molecular formula is C24H21N5O3. The van der Waals surface area contributed by atoms with Crippen molar-refractivity contribution in [2.75, 3.05) is 35.7 Å². The Hall–Kier alpha value is -4.12. The highest BCUT2D eigenvalue weighted by molar-refractivity contribution is 5.99. The summed E-state index contributed by atoms with van der Waals surface area (Å²) in [7, 11) is 1.80. The molecule has 2 fully saturated rings. The highest BCUT2D eigenvalue weighted by Crippen LogP contribution is 2.31.